The summed E-state index contributed by atoms with van der Waals surface area (Å²) >= 11 is 1.67. The van der Waals surface area contributed by atoms with E-state index in [1.54, 1.807) is 23.2 Å². The Bertz CT molecular complexity index is 694. The molecule has 2 atom stereocenters. The van der Waals surface area contributed by atoms with Gasteiger partial charge < -0.3 is 5.32 Å². The third-order valence-electron chi connectivity index (χ3n) is 3.91. The van der Waals surface area contributed by atoms with Gasteiger partial charge >= 0.3 is 0 Å². The number of nitrogens with one attached hydrogen (secondary N) is 1. The van der Waals surface area contributed by atoms with Crippen molar-refractivity contribution in [3.63, 3.8) is 0 Å². The fourth-order valence-electron chi connectivity index (χ4n) is 2.77. The van der Waals surface area contributed by atoms with Gasteiger partial charge in [-0.2, -0.15) is 0 Å². The van der Waals surface area contributed by atoms with Crippen LogP contribution in [-0.2, 0) is 9.59 Å². The quantitative estimate of drug-likeness (QED) is 0.947. The van der Waals surface area contributed by atoms with Crippen LogP contribution in [0.5, 0.6) is 0 Å². The second kappa shape index (κ2) is 5.48. The summed E-state index contributed by atoms with van der Waals surface area (Å²) in [6.07, 6.45) is 1.54. The summed E-state index contributed by atoms with van der Waals surface area (Å²) in [5, 5.41) is 5.96. The van der Waals surface area contributed by atoms with Crippen molar-refractivity contribution in [2.24, 2.45) is 0 Å². The molecule has 2 aromatic rings. The Hall–Kier alpha value is -1.88. The van der Waals surface area contributed by atoms with Crippen LogP contribution >= 0.6 is 11.3 Å². The van der Waals surface area contributed by atoms with E-state index < -0.39 is 12.1 Å². The molecular weight excluding hydrogens is 284 g/mol. The summed E-state index contributed by atoms with van der Waals surface area (Å²) in [4.78, 5) is 26.4. The second-order valence-corrected chi connectivity index (χ2v) is 6.32. The summed E-state index contributed by atoms with van der Waals surface area (Å²) in [5.74, 6) is -0.100. The zero-order valence-electron chi connectivity index (χ0n) is 12.1. The molecule has 1 saturated heterocycles. The van der Waals surface area contributed by atoms with Crippen LogP contribution in [0.25, 0.3) is 10.1 Å². The maximum atomic E-state index is 12.7. The molecule has 4 nitrogen and oxygen atoms in total. The van der Waals surface area contributed by atoms with Crippen molar-refractivity contribution >= 4 is 38.9 Å². The van der Waals surface area contributed by atoms with E-state index in [4.69, 9.17) is 0 Å². The van der Waals surface area contributed by atoms with Gasteiger partial charge in [-0.1, -0.05) is 13.3 Å². The van der Waals surface area contributed by atoms with E-state index in [2.05, 4.69) is 5.32 Å². The minimum atomic E-state index is -0.471. The third-order valence-corrected chi connectivity index (χ3v) is 4.81. The Kier molecular flexibility index (Phi) is 3.68. The molecule has 0 spiro atoms. The van der Waals surface area contributed by atoms with Crippen LogP contribution in [0, 0.1) is 0 Å². The summed E-state index contributed by atoms with van der Waals surface area (Å²) in [6, 6.07) is 7.08. The first kappa shape index (κ1) is 14.1. The lowest BCUT2D eigenvalue weighted by atomic mass is 10.0. The maximum absolute atomic E-state index is 12.7. The van der Waals surface area contributed by atoms with Crippen molar-refractivity contribution in [3.05, 3.63) is 29.6 Å². The Morgan fingerprint density at radius 3 is 2.86 bits per heavy atom. The minimum Gasteiger partial charge on any atom is -0.342 e. The largest absolute Gasteiger partial charge is 0.342 e. The number of piperazine rings is 1. The first-order chi connectivity index (χ1) is 10.1. The van der Waals surface area contributed by atoms with Gasteiger partial charge in [0.15, 0.2) is 0 Å². The average Bonchev–Trinajstić information content (AvgIpc) is 2.93. The molecule has 2 unspecified atom stereocenters. The molecule has 0 bridgehead atoms. The number of carbonyl (C=O) groups excluding carboxylic acids is 2. The van der Waals surface area contributed by atoms with Gasteiger partial charge in [0.2, 0.25) is 11.8 Å². The summed E-state index contributed by atoms with van der Waals surface area (Å²) in [5.41, 5.74) is 0.800. The highest BCUT2D eigenvalue weighted by Crippen LogP contribution is 2.29. The lowest BCUT2D eigenvalue weighted by molar-refractivity contribution is -0.133. The predicted molar refractivity (Wildman–Crippen MR) is 85.6 cm³/mol. The van der Waals surface area contributed by atoms with E-state index in [1.807, 2.05) is 36.6 Å². The van der Waals surface area contributed by atoms with Crippen LogP contribution in [-0.4, -0.2) is 23.9 Å². The van der Waals surface area contributed by atoms with Gasteiger partial charge in [-0.05, 0) is 48.4 Å². The lowest BCUT2D eigenvalue weighted by Crippen LogP contribution is -2.62. The van der Waals surface area contributed by atoms with E-state index in [0.29, 0.717) is 6.42 Å². The summed E-state index contributed by atoms with van der Waals surface area (Å²) in [7, 11) is 0. The van der Waals surface area contributed by atoms with Crippen LogP contribution in [0.15, 0.2) is 29.6 Å². The maximum Gasteiger partial charge on any atom is 0.250 e. The first-order valence-electron chi connectivity index (χ1n) is 7.22. The van der Waals surface area contributed by atoms with Crippen molar-refractivity contribution in [1.82, 2.24) is 5.32 Å². The van der Waals surface area contributed by atoms with Gasteiger partial charge in [0.05, 0.1) is 0 Å². The number of anilines is 1. The number of carbonyl (C=O) groups is 2. The molecule has 110 valence electrons. The van der Waals surface area contributed by atoms with Crippen LogP contribution in [0.4, 0.5) is 5.69 Å². The lowest BCUT2D eigenvalue weighted by Gasteiger charge is -2.37. The number of benzene rings is 1. The molecule has 0 aliphatic carbocycles. The van der Waals surface area contributed by atoms with E-state index in [-0.39, 0.29) is 11.8 Å². The standard InChI is InChI=1S/C16H18N2O2S/c1-3-4-13-16(20)18(10(2)15(19)17-13)12-5-6-14-11(9-12)7-8-21-14/h5-10,13H,3-4H2,1-2H3,(H,17,19). The number of hydrogen-bond donors (Lipinski definition) is 1. The molecule has 0 radical (unpaired) electrons. The molecule has 3 rings (SSSR count). The summed E-state index contributed by atoms with van der Waals surface area (Å²) < 4.78 is 1.19. The monoisotopic (exact) mass is 302 g/mol. The fraction of sp³-hybridized carbons (Fsp3) is 0.375. The highest BCUT2D eigenvalue weighted by atomic mass is 32.1. The van der Waals surface area contributed by atoms with Gasteiger partial charge in [0.25, 0.3) is 0 Å². The number of hydrogen-bond acceptors (Lipinski definition) is 3. The van der Waals surface area contributed by atoms with Crippen LogP contribution in [0.2, 0.25) is 0 Å². The number of rotatable bonds is 3. The van der Waals surface area contributed by atoms with Crippen molar-refractivity contribution in [1.29, 1.82) is 0 Å². The average molecular weight is 302 g/mol. The molecule has 1 aliphatic rings. The number of fused-ring (bicyclic) bond motifs is 1. The SMILES string of the molecule is CCCC1NC(=O)C(C)N(c2ccc3sccc3c2)C1=O. The number of nitrogens with zero attached hydrogens (tertiary/aromatic N) is 1. The van der Waals surface area contributed by atoms with E-state index in [9.17, 15) is 9.59 Å². The van der Waals surface area contributed by atoms with E-state index >= 15 is 0 Å². The molecule has 5 heteroatoms. The summed E-state index contributed by atoms with van der Waals surface area (Å²) in [6.45, 7) is 3.78. The van der Waals surface area contributed by atoms with Gasteiger partial charge in [-0.25, -0.2) is 0 Å². The van der Waals surface area contributed by atoms with Crippen molar-refractivity contribution in [3.8, 4) is 0 Å². The fourth-order valence-corrected chi connectivity index (χ4v) is 3.54. The minimum absolute atomic E-state index is 0.0153. The van der Waals surface area contributed by atoms with Gasteiger partial charge in [0.1, 0.15) is 12.1 Å². The van der Waals surface area contributed by atoms with Crippen molar-refractivity contribution < 1.29 is 9.59 Å². The topological polar surface area (TPSA) is 49.4 Å². The smallest absolute Gasteiger partial charge is 0.250 e. The van der Waals surface area contributed by atoms with Gasteiger partial charge in [-0.15, -0.1) is 11.3 Å². The zero-order valence-corrected chi connectivity index (χ0v) is 12.9. The highest BCUT2D eigenvalue weighted by molar-refractivity contribution is 7.17. The Labute approximate surface area is 127 Å². The molecular formula is C16H18N2O2S. The Morgan fingerprint density at radius 2 is 2.10 bits per heavy atom. The van der Waals surface area contributed by atoms with E-state index in [0.717, 1.165) is 17.5 Å². The molecule has 2 amide bonds. The third kappa shape index (κ3) is 2.42. The van der Waals surface area contributed by atoms with Crippen molar-refractivity contribution in [2.45, 2.75) is 38.8 Å². The van der Waals surface area contributed by atoms with Crippen LogP contribution < -0.4 is 10.2 Å². The zero-order chi connectivity index (χ0) is 15.0. The molecule has 1 N–H and O–H groups in total. The molecule has 1 fully saturated rings. The molecule has 1 aliphatic heterocycles. The van der Waals surface area contributed by atoms with Gasteiger partial charge in [-0.3, -0.25) is 14.5 Å². The van der Waals surface area contributed by atoms with Gasteiger partial charge in [0, 0.05) is 10.4 Å². The highest BCUT2D eigenvalue weighted by Gasteiger charge is 2.38. The number of amides is 2. The molecule has 2 heterocycles. The molecule has 21 heavy (non-hydrogen) atoms. The number of thiophene rings is 1. The molecule has 1 aromatic carbocycles. The Balaban J connectivity index is 2.00. The van der Waals surface area contributed by atoms with Crippen LogP contribution in [0.1, 0.15) is 26.7 Å². The first-order valence-corrected chi connectivity index (χ1v) is 8.10. The normalized spacial score (nSPS) is 22.7. The van der Waals surface area contributed by atoms with Crippen LogP contribution in [0.3, 0.4) is 0 Å². The molecule has 0 saturated carbocycles. The van der Waals surface area contributed by atoms with E-state index in [1.165, 1.54) is 4.70 Å². The van der Waals surface area contributed by atoms with Crippen molar-refractivity contribution in [2.75, 3.05) is 4.90 Å². The Morgan fingerprint density at radius 1 is 1.29 bits per heavy atom. The predicted octanol–water partition coefficient (Wildman–Crippen LogP) is 2.92. The second-order valence-electron chi connectivity index (χ2n) is 5.38. The molecule has 1 aromatic heterocycles.